The first kappa shape index (κ1) is 12.3. The lowest BCUT2D eigenvalue weighted by Gasteiger charge is -2.09. The van der Waals surface area contributed by atoms with E-state index in [2.05, 4.69) is 25.3 Å². The smallest absolute Gasteiger partial charge is 0.181 e. The van der Waals surface area contributed by atoms with Crippen molar-refractivity contribution in [3.63, 3.8) is 0 Å². The molecule has 0 aromatic carbocycles. The number of imidazole rings is 1. The van der Waals surface area contributed by atoms with Gasteiger partial charge >= 0.3 is 0 Å². The Labute approximate surface area is 103 Å². The van der Waals surface area contributed by atoms with Crippen LogP contribution in [0.2, 0.25) is 0 Å². The molecule has 3 N–H and O–H groups in total. The van der Waals surface area contributed by atoms with Gasteiger partial charge in [-0.1, -0.05) is 6.92 Å². The highest BCUT2D eigenvalue weighted by Crippen LogP contribution is 2.22. The second kappa shape index (κ2) is 5.95. The summed E-state index contributed by atoms with van der Waals surface area (Å²) in [7, 11) is 0. The molecule has 1 atom stereocenters. The van der Waals surface area contributed by atoms with E-state index in [1.807, 2.05) is 6.92 Å². The van der Waals surface area contributed by atoms with E-state index in [9.17, 15) is 5.11 Å². The van der Waals surface area contributed by atoms with Crippen molar-refractivity contribution in [2.45, 2.75) is 18.1 Å². The summed E-state index contributed by atoms with van der Waals surface area (Å²) in [5.74, 6) is 0.595. The average Bonchev–Trinajstić information content (AvgIpc) is 2.82. The second-order valence-electron chi connectivity index (χ2n) is 3.55. The van der Waals surface area contributed by atoms with Gasteiger partial charge in [0, 0.05) is 12.3 Å². The van der Waals surface area contributed by atoms with Crippen LogP contribution in [0.5, 0.6) is 0 Å². The molecule has 2 aromatic rings. The predicted molar refractivity (Wildman–Crippen MR) is 67.0 cm³/mol. The van der Waals surface area contributed by atoms with Crippen LogP contribution in [-0.2, 0) is 0 Å². The van der Waals surface area contributed by atoms with E-state index in [4.69, 9.17) is 0 Å². The van der Waals surface area contributed by atoms with Crippen LogP contribution >= 0.6 is 11.8 Å². The van der Waals surface area contributed by atoms with Gasteiger partial charge < -0.3 is 15.4 Å². The Morgan fingerprint density at radius 2 is 2.35 bits per heavy atom. The third-order valence-electron chi connectivity index (χ3n) is 2.23. The summed E-state index contributed by atoms with van der Waals surface area (Å²) in [6.45, 7) is 3.47. The van der Waals surface area contributed by atoms with Gasteiger partial charge in [-0.15, -0.1) is 11.8 Å². The van der Waals surface area contributed by atoms with Crippen molar-refractivity contribution in [3.05, 3.63) is 12.7 Å². The van der Waals surface area contributed by atoms with Crippen molar-refractivity contribution >= 4 is 22.9 Å². The SMILES string of the molecule is CCNCC(O)CSc1ncnc2nc[nH]c12. The van der Waals surface area contributed by atoms with E-state index >= 15 is 0 Å². The zero-order valence-electron chi connectivity index (χ0n) is 9.55. The third-order valence-corrected chi connectivity index (χ3v) is 3.37. The highest BCUT2D eigenvalue weighted by molar-refractivity contribution is 7.99. The standard InChI is InChI=1S/C10H15N5OS/c1-2-11-3-7(16)4-17-10-8-9(13-5-12-8)14-6-15-10/h5-7,11,16H,2-4H2,1H3,(H,12,13,14,15). The van der Waals surface area contributed by atoms with Crippen LogP contribution in [0.25, 0.3) is 11.2 Å². The molecule has 0 fully saturated rings. The molecule has 7 heteroatoms. The molecule has 2 aromatic heterocycles. The largest absolute Gasteiger partial charge is 0.391 e. The minimum atomic E-state index is -0.382. The molecule has 1 unspecified atom stereocenters. The first-order chi connectivity index (χ1) is 8.31. The molecule has 0 saturated heterocycles. The predicted octanol–water partition coefficient (Wildman–Crippen LogP) is 0.415. The molecule has 17 heavy (non-hydrogen) atoms. The summed E-state index contributed by atoms with van der Waals surface area (Å²) in [5, 5.41) is 13.6. The van der Waals surface area contributed by atoms with Crippen LogP contribution in [0.4, 0.5) is 0 Å². The summed E-state index contributed by atoms with van der Waals surface area (Å²) in [6.07, 6.45) is 2.70. The van der Waals surface area contributed by atoms with E-state index in [0.717, 1.165) is 17.1 Å². The average molecular weight is 253 g/mol. The molecule has 0 radical (unpaired) electrons. The molecule has 0 aliphatic carbocycles. The number of hydrogen-bond donors (Lipinski definition) is 3. The molecule has 0 aliphatic rings. The number of likely N-dealkylation sites (N-methyl/N-ethyl adjacent to an activating group) is 1. The number of nitrogens with one attached hydrogen (secondary N) is 2. The lowest BCUT2D eigenvalue weighted by molar-refractivity contribution is 0.197. The Kier molecular flexibility index (Phi) is 4.29. The first-order valence-electron chi connectivity index (χ1n) is 5.47. The fourth-order valence-corrected chi connectivity index (χ4v) is 2.28. The first-order valence-corrected chi connectivity index (χ1v) is 6.45. The number of aliphatic hydroxyl groups is 1. The van der Waals surface area contributed by atoms with Crippen molar-refractivity contribution < 1.29 is 5.11 Å². The maximum absolute atomic E-state index is 9.71. The van der Waals surface area contributed by atoms with Crippen molar-refractivity contribution in [2.24, 2.45) is 0 Å². The number of aromatic nitrogens is 4. The number of H-pyrrole nitrogens is 1. The minimum absolute atomic E-state index is 0.382. The Balaban J connectivity index is 1.96. The van der Waals surface area contributed by atoms with Gasteiger partial charge in [0.05, 0.1) is 12.4 Å². The Bertz CT molecular complexity index is 474. The quantitative estimate of drug-likeness (QED) is 0.511. The van der Waals surface area contributed by atoms with Crippen molar-refractivity contribution in [3.8, 4) is 0 Å². The number of nitrogens with zero attached hydrogens (tertiary/aromatic N) is 3. The summed E-state index contributed by atoms with van der Waals surface area (Å²) < 4.78 is 0. The number of fused-ring (bicyclic) bond motifs is 1. The molecule has 2 rings (SSSR count). The fourth-order valence-electron chi connectivity index (χ4n) is 1.40. The van der Waals surface area contributed by atoms with Gasteiger partial charge in [0.15, 0.2) is 5.65 Å². The monoisotopic (exact) mass is 253 g/mol. The molecule has 2 heterocycles. The van der Waals surface area contributed by atoms with E-state index < -0.39 is 0 Å². The number of hydrogen-bond acceptors (Lipinski definition) is 6. The molecule has 6 nitrogen and oxygen atoms in total. The lowest BCUT2D eigenvalue weighted by atomic mass is 10.4. The highest BCUT2D eigenvalue weighted by atomic mass is 32.2. The van der Waals surface area contributed by atoms with Crippen LogP contribution < -0.4 is 5.32 Å². The molecule has 0 aliphatic heterocycles. The van der Waals surface area contributed by atoms with Crippen LogP contribution in [0.15, 0.2) is 17.7 Å². The molecular weight excluding hydrogens is 238 g/mol. The van der Waals surface area contributed by atoms with E-state index in [-0.39, 0.29) is 6.10 Å². The molecular formula is C10H15N5OS. The Hall–Kier alpha value is -1.18. The van der Waals surface area contributed by atoms with E-state index in [1.165, 1.54) is 18.1 Å². The van der Waals surface area contributed by atoms with Gasteiger partial charge in [-0.3, -0.25) is 0 Å². The summed E-state index contributed by atoms with van der Waals surface area (Å²) in [6, 6.07) is 0. The Morgan fingerprint density at radius 1 is 1.47 bits per heavy atom. The van der Waals surface area contributed by atoms with Gasteiger partial charge in [0.25, 0.3) is 0 Å². The third kappa shape index (κ3) is 3.15. The highest BCUT2D eigenvalue weighted by Gasteiger charge is 2.09. The second-order valence-corrected chi connectivity index (χ2v) is 4.56. The fraction of sp³-hybridized carbons (Fsp3) is 0.500. The molecule has 92 valence electrons. The maximum atomic E-state index is 9.71. The van der Waals surface area contributed by atoms with Crippen molar-refractivity contribution in [1.29, 1.82) is 0 Å². The lowest BCUT2D eigenvalue weighted by Crippen LogP contribution is -2.28. The van der Waals surface area contributed by atoms with Gasteiger partial charge in [0.1, 0.15) is 16.9 Å². The van der Waals surface area contributed by atoms with Gasteiger partial charge in [-0.05, 0) is 6.54 Å². The Morgan fingerprint density at radius 3 is 3.18 bits per heavy atom. The zero-order chi connectivity index (χ0) is 12.1. The topological polar surface area (TPSA) is 86.7 Å². The van der Waals surface area contributed by atoms with E-state index in [0.29, 0.717) is 17.9 Å². The summed E-state index contributed by atoms with van der Waals surface area (Å²) in [5.41, 5.74) is 1.48. The number of rotatable bonds is 6. The van der Waals surface area contributed by atoms with Gasteiger partial charge in [-0.25, -0.2) is 15.0 Å². The summed E-state index contributed by atoms with van der Waals surface area (Å²) >= 11 is 1.50. The molecule has 0 bridgehead atoms. The van der Waals surface area contributed by atoms with Gasteiger partial charge in [-0.2, -0.15) is 0 Å². The van der Waals surface area contributed by atoms with Crippen LogP contribution in [0.3, 0.4) is 0 Å². The normalized spacial score (nSPS) is 13.1. The zero-order valence-corrected chi connectivity index (χ0v) is 10.4. The number of aromatic amines is 1. The summed E-state index contributed by atoms with van der Waals surface area (Å²) in [4.78, 5) is 15.3. The number of thioether (sulfide) groups is 1. The molecule has 0 spiro atoms. The number of aliphatic hydroxyl groups excluding tert-OH is 1. The van der Waals surface area contributed by atoms with Crippen LogP contribution in [0.1, 0.15) is 6.92 Å². The van der Waals surface area contributed by atoms with E-state index in [1.54, 1.807) is 6.33 Å². The minimum Gasteiger partial charge on any atom is -0.391 e. The van der Waals surface area contributed by atoms with Crippen LogP contribution in [0, 0.1) is 0 Å². The molecule has 0 saturated carbocycles. The molecule has 0 amide bonds. The van der Waals surface area contributed by atoms with Crippen LogP contribution in [-0.4, -0.2) is 50.0 Å². The van der Waals surface area contributed by atoms with Crippen molar-refractivity contribution in [1.82, 2.24) is 25.3 Å². The van der Waals surface area contributed by atoms with Crippen molar-refractivity contribution in [2.75, 3.05) is 18.8 Å². The van der Waals surface area contributed by atoms with Gasteiger partial charge in [0.2, 0.25) is 0 Å². The maximum Gasteiger partial charge on any atom is 0.181 e.